The van der Waals surface area contributed by atoms with Crippen LogP contribution < -0.4 is 0 Å². The fourth-order valence-electron chi connectivity index (χ4n) is 1.70. The summed E-state index contributed by atoms with van der Waals surface area (Å²) in [5.41, 5.74) is -0.359. The van der Waals surface area contributed by atoms with Crippen molar-refractivity contribution in [3.05, 3.63) is 62.7 Å². The van der Waals surface area contributed by atoms with E-state index in [1.165, 1.54) is 18.5 Å². The van der Waals surface area contributed by atoms with Crippen molar-refractivity contribution in [1.29, 1.82) is 5.26 Å². The van der Waals surface area contributed by atoms with Crippen LogP contribution in [0.2, 0.25) is 0 Å². The molecular weight excluding hydrogens is 300 g/mol. The Balaban J connectivity index is 3.50. The van der Waals surface area contributed by atoms with E-state index in [2.05, 4.69) is 16.7 Å². The second kappa shape index (κ2) is 7.99. The molecule has 0 saturated heterocycles. The van der Waals surface area contributed by atoms with Crippen molar-refractivity contribution in [2.45, 2.75) is 6.92 Å². The zero-order valence-electron chi connectivity index (χ0n) is 12.1. The normalized spacial score (nSPS) is 12.0. The first-order chi connectivity index (χ1) is 11.0. The number of nitrogens with zero attached hydrogens (tertiary/aromatic N) is 4. The number of allylic oxidation sites excluding steroid dienone is 3. The van der Waals surface area contributed by atoms with Gasteiger partial charge in [0.15, 0.2) is 5.69 Å². The van der Waals surface area contributed by atoms with Crippen molar-refractivity contribution in [2.75, 3.05) is 0 Å². The number of hydrogen-bond donors (Lipinski definition) is 1. The number of nitro groups is 1. The van der Waals surface area contributed by atoms with E-state index in [-0.39, 0.29) is 11.1 Å². The van der Waals surface area contributed by atoms with Crippen LogP contribution in [-0.2, 0) is 0 Å². The Kier molecular flexibility index (Phi) is 6.06. The lowest BCUT2D eigenvalue weighted by Crippen LogP contribution is -1.92. The van der Waals surface area contributed by atoms with E-state index in [1.54, 1.807) is 13.0 Å². The van der Waals surface area contributed by atoms with Crippen LogP contribution in [0.5, 0.6) is 5.75 Å². The molecule has 0 amide bonds. The van der Waals surface area contributed by atoms with E-state index in [1.807, 2.05) is 6.07 Å². The van der Waals surface area contributed by atoms with Crippen LogP contribution in [0.1, 0.15) is 12.5 Å². The molecule has 0 fully saturated rings. The topological polar surface area (TPSA) is 129 Å². The van der Waals surface area contributed by atoms with Crippen LogP contribution in [0, 0.1) is 26.4 Å². The summed E-state index contributed by atoms with van der Waals surface area (Å²) in [5.74, 6) is -0.819. The minimum Gasteiger partial charge on any atom is -0.501 e. The van der Waals surface area contributed by atoms with Crippen molar-refractivity contribution in [3.63, 3.8) is 0 Å². The van der Waals surface area contributed by atoms with E-state index in [0.717, 1.165) is 12.1 Å². The van der Waals surface area contributed by atoms with Gasteiger partial charge in [-0.25, -0.2) is 0 Å². The first kappa shape index (κ1) is 17.5. The number of aliphatic imine (C=N–C) groups is 1. The van der Waals surface area contributed by atoms with Crippen LogP contribution in [0.3, 0.4) is 0 Å². The summed E-state index contributed by atoms with van der Waals surface area (Å²) in [6, 6.07) is 4.12. The van der Waals surface area contributed by atoms with Crippen LogP contribution in [0.4, 0.5) is 11.4 Å². The van der Waals surface area contributed by atoms with Crippen LogP contribution in [0.25, 0.3) is 6.08 Å². The van der Waals surface area contributed by atoms with Crippen molar-refractivity contribution < 1.29 is 10.0 Å². The van der Waals surface area contributed by atoms with Gasteiger partial charge in [0.25, 0.3) is 0 Å². The number of benzene rings is 1. The predicted octanol–water partition coefficient (Wildman–Crippen LogP) is 3.77. The Morgan fingerprint density at radius 2 is 2.22 bits per heavy atom. The molecule has 0 radical (unpaired) electrons. The molecule has 0 unspecified atom stereocenters. The highest BCUT2D eigenvalue weighted by Crippen LogP contribution is 2.37. The van der Waals surface area contributed by atoms with E-state index in [9.17, 15) is 25.4 Å². The molecule has 1 aromatic rings. The third kappa shape index (κ3) is 4.18. The molecular formula is C15H12N4O4. The quantitative estimate of drug-likeness (QED) is 0.213. The molecule has 8 heteroatoms. The molecule has 0 spiro atoms. The molecule has 8 nitrogen and oxygen atoms in total. The Labute approximate surface area is 131 Å². The number of nitriles is 1. The molecule has 23 heavy (non-hydrogen) atoms. The van der Waals surface area contributed by atoms with Crippen molar-refractivity contribution >= 4 is 23.7 Å². The highest BCUT2D eigenvalue weighted by atomic mass is 16.6. The largest absolute Gasteiger partial charge is 0.501 e. The van der Waals surface area contributed by atoms with Gasteiger partial charge in [0.05, 0.1) is 16.6 Å². The number of nitroso groups, excluding NO2 is 1. The van der Waals surface area contributed by atoms with Crippen LogP contribution in [0.15, 0.2) is 52.3 Å². The second-order valence-electron chi connectivity index (χ2n) is 4.13. The van der Waals surface area contributed by atoms with Gasteiger partial charge in [0, 0.05) is 24.1 Å². The van der Waals surface area contributed by atoms with Gasteiger partial charge in [-0.3, -0.25) is 15.1 Å². The van der Waals surface area contributed by atoms with E-state index >= 15 is 0 Å². The molecule has 0 atom stereocenters. The highest BCUT2D eigenvalue weighted by Gasteiger charge is 2.19. The average molecular weight is 312 g/mol. The van der Waals surface area contributed by atoms with E-state index in [4.69, 9.17) is 0 Å². The first-order valence-electron chi connectivity index (χ1n) is 6.25. The first-order valence-corrected chi connectivity index (χ1v) is 6.25. The summed E-state index contributed by atoms with van der Waals surface area (Å²) >= 11 is 0. The smallest absolute Gasteiger partial charge is 0.313 e. The van der Waals surface area contributed by atoms with Gasteiger partial charge in [-0.2, -0.15) is 5.26 Å². The van der Waals surface area contributed by atoms with Gasteiger partial charge in [0.2, 0.25) is 5.75 Å². The summed E-state index contributed by atoms with van der Waals surface area (Å²) in [4.78, 5) is 24.5. The van der Waals surface area contributed by atoms with Crippen molar-refractivity contribution in [3.8, 4) is 11.8 Å². The molecule has 116 valence electrons. The zero-order chi connectivity index (χ0) is 17.4. The molecule has 1 rings (SSSR count). The van der Waals surface area contributed by atoms with Crippen molar-refractivity contribution in [1.82, 2.24) is 0 Å². The van der Waals surface area contributed by atoms with Crippen LogP contribution >= 0.6 is 0 Å². The van der Waals surface area contributed by atoms with Gasteiger partial charge < -0.3 is 5.11 Å². The SMILES string of the molecule is C=CN=CC(=C\C)/C(C#N)=C/c1cc(N=O)c(O)c([N+](=O)[O-])c1. The molecule has 0 aromatic heterocycles. The monoisotopic (exact) mass is 312 g/mol. The summed E-state index contributed by atoms with van der Waals surface area (Å²) in [7, 11) is 0. The zero-order valence-corrected chi connectivity index (χ0v) is 12.1. The van der Waals surface area contributed by atoms with E-state index < -0.39 is 22.0 Å². The Bertz CT molecular complexity index is 785. The van der Waals surface area contributed by atoms with Crippen LogP contribution in [-0.4, -0.2) is 16.2 Å². The Morgan fingerprint density at radius 3 is 2.70 bits per heavy atom. The van der Waals surface area contributed by atoms with Gasteiger partial charge >= 0.3 is 5.69 Å². The summed E-state index contributed by atoms with van der Waals surface area (Å²) < 4.78 is 0. The third-order valence-electron chi connectivity index (χ3n) is 2.76. The number of nitro benzene ring substituents is 1. The molecule has 0 aliphatic rings. The standard InChI is InChI=1S/C15H12N4O4/c1-3-11(9-17-4-2)12(8-16)5-10-6-13(18-21)15(20)14(7-10)19(22)23/h3-7,9,20H,2H2,1H3/b11-3+,12-5+,17-9?. The van der Waals surface area contributed by atoms with Gasteiger partial charge in [-0.1, -0.05) is 12.7 Å². The number of rotatable bonds is 6. The number of hydrogen-bond acceptors (Lipinski definition) is 7. The molecule has 1 N–H and O–H groups in total. The van der Waals surface area contributed by atoms with Gasteiger partial charge in [-0.05, 0) is 29.8 Å². The van der Waals surface area contributed by atoms with E-state index in [0.29, 0.717) is 5.57 Å². The molecule has 0 heterocycles. The maximum Gasteiger partial charge on any atom is 0.313 e. The summed E-state index contributed by atoms with van der Waals surface area (Å²) in [5, 5.41) is 32.3. The average Bonchev–Trinajstić information content (AvgIpc) is 2.55. The number of aromatic hydroxyl groups is 1. The predicted molar refractivity (Wildman–Crippen MR) is 86.3 cm³/mol. The Hall–Kier alpha value is -3.60. The molecule has 0 aliphatic carbocycles. The molecule has 0 bridgehead atoms. The lowest BCUT2D eigenvalue weighted by atomic mass is 10.0. The maximum absolute atomic E-state index is 10.9. The lowest BCUT2D eigenvalue weighted by Gasteiger charge is -2.02. The maximum atomic E-state index is 10.9. The fraction of sp³-hybridized carbons (Fsp3) is 0.0667. The Morgan fingerprint density at radius 1 is 1.52 bits per heavy atom. The number of phenols is 1. The molecule has 0 aliphatic heterocycles. The molecule has 1 aromatic carbocycles. The summed E-state index contributed by atoms with van der Waals surface area (Å²) in [6.45, 7) is 5.11. The molecule has 0 saturated carbocycles. The minimum absolute atomic E-state index is 0.162. The van der Waals surface area contributed by atoms with Gasteiger partial charge in [-0.15, -0.1) is 4.91 Å². The lowest BCUT2D eigenvalue weighted by molar-refractivity contribution is -0.385. The van der Waals surface area contributed by atoms with Crippen molar-refractivity contribution in [2.24, 2.45) is 10.2 Å². The third-order valence-corrected chi connectivity index (χ3v) is 2.76. The van der Waals surface area contributed by atoms with Gasteiger partial charge in [0.1, 0.15) is 0 Å². The summed E-state index contributed by atoms with van der Waals surface area (Å²) in [6.07, 6.45) is 5.63. The number of phenolic OH excluding ortho intramolecular Hbond substituents is 1. The fourth-order valence-corrected chi connectivity index (χ4v) is 1.70. The highest BCUT2D eigenvalue weighted by molar-refractivity contribution is 5.90. The second-order valence-corrected chi connectivity index (χ2v) is 4.13. The minimum atomic E-state index is -0.844.